The van der Waals surface area contributed by atoms with Crippen LogP contribution in [0.4, 0.5) is 0 Å². The molecule has 0 aliphatic carbocycles. The van der Waals surface area contributed by atoms with Crippen LogP contribution in [-0.2, 0) is 16.0 Å². The number of H-pyrrole nitrogens is 1. The molecular formula is C16H21N3O3. The first-order chi connectivity index (χ1) is 10.6. The van der Waals surface area contributed by atoms with E-state index in [9.17, 15) is 4.79 Å². The number of aromatic amines is 1. The molecular weight excluding hydrogens is 282 g/mol. The van der Waals surface area contributed by atoms with Crippen molar-refractivity contribution in [3.8, 4) is 5.75 Å². The second kappa shape index (κ2) is 5.96. The Morgan fingerprint density at radius 3 is 3.14 bits per heavy atom. The Labute approximate surface area is 129 Å². The van der Waals surface area contributed by atoms with E-state index in [0.29, 0.717) is 19.6 Å². The van der Waals surface area contributed by atoms with Crippen LogP contribution in [0.1, 0.15) is 25.6 Å². The van der Waals surface area contributed by atoms with E-state index in [4.69, 9.17) is 9.47 Å². The maximum Gasteiger partial charge on any atom is 0.251 e. The molecule has 0 bridgehead atoms. The number of fused-ring (bicyclic) bond motifs is 1. The van der Waals surface area contributed by atoms with E-state index < -0.39 is 5.60 Å². The molecule has 2 N–H and O–H groups in total. The molecule has 1 saturated heterocycles. The molecule has 1 aliphatic heterocycles. The van der Waals surface area contributed by atoms with Crippen molar-refractivity contribution in [2.75, 3.05) is 20.3 Å². The van der Waals surface area contributed by atoms with Crippen LogP contribution in [0.2, 0.25) is 0 Å². The minimum Gasteiger partial charge on any atom is -0.497 e. The first kappa shape index (κ1) is 14.8. The lowest BCUT2D eigenvalue weighted by molar-refractivity contribution is -0.139. The third-order valence-electron chi connectivity index (χ3n) is 4.08. The number of methoxy groups -OCH3 is 1. The number of carbonyl (C=O) groups is 1. The number of rotatable bonds is 5. The molecule has 0 spiro atoms. The van der Waals surface area contributed by atoms with Crippen molar-refractivity contribution < 1.29 is 14.3 Å². The number of carbonyl (C=O) groups excluding carboxylic acids is 1. The summed E-state index contributed by atoms with van der Waals surface area (Å²) in [4.78, 5) is 19.9. The molecule has 1 amide bonds. The highest BCUT2D eigenvalue weighted by atomic mass is 16.5. The van der Waals surface area contributed by atoms with Crippen LogP contribution >= 0.6 is 0 Å². The van der Waals surface area contributed by atoms with Crippen molar-refractivity contribution >= 4 is 16.9 Å². The number of benzene rings is 1. The fourth-order valence-electron chi connectivity index (χ4n) is 2.73. The molecule has 1 aromatic heterocycles. The van der Waals surface area contributed by atoms with Crippen molar-refractivity contribution in [3.05, 3.63) is 24.0 Å². The predicted molar refractivity (Wildman–Crippen MR) is 83.0 cm³/mol. The van der Waals surface area contributed by atoms with E-state index in [-0.39, 0.29) is 5.91 Å². The summed E-state index contributed by atoms with van der Waals surface area (Å²) >= 11 is 0. The van der Waals surface area contributed by atoms with Crippen LogP contribution in [0.5, 0.6) is 5.75 Å². The summed E-state index contributed by atoms with van der Waals surface area (Å²) in [5.74, 6) is 1.60. The lowest BCUT2D eigenvalue weighted by Crippen LogP contribution is -2.44. The Bertz CT molecular complexity index is 674. The van der Waals surface area contributed by atoms with Crippen molar-refractivity contribution in [1.82, 2.24) is 15.3 Å². The number of amides is 1. The molecule has 6 heteroatoms. The van der Waals surface area contributed by atoms with Gasteiger partial charge in [-0.3, -0.25) is 4.79 Å². The Morgan fingerprint density at radius 2 is 2.41 bits per heavy atom. The van der Waals surface area contributed by atoms with Crippen molar-refractivity contribution in [1.29, 1.82) is 0 Å². The summed E-state index contributed by atoms with van der Waals surface area (Å²) in [5, 5.41) is 2.93. The van der Waals surface area contributed by atoms with Gasteiger partial charge in [0.15, 0.2) is 0 Å². The summed E-state index contributed by atoms with van der Waals surface area (Å²) < 4.78 is 10.7. The summed E-state index contributed by atoms with van der Waals surface area (Å²) in [6, 6.07) is 5.71. The summed E-state index contributed by atoms with van der Waals surface area (Å²) in [6.07, 6.45) is 2.37. The molecule has 1 aromatic carbocycles. The van der Waals surface area contributed by atoms with Gasteiger partial charge >= 0.3 is 0 Å². The minimum atomic E-state index is -0.665. The Hall–Kier alpha value is -2.08. The molecule has 1 atom stereocenters. The van der Waals surface area contributed by atoms with E-state index in [1.165, 1.54) is 0 Å². The highest BCUT2D eigenvalue weighted by Gasteiger charge is 2.37. The van der Waals surface area contributed by atoms with Crippen molar-refractivity contribution in [2.24, 2.45) is 0 Å². The molecule has 2 aromatic rings. The van der Waals surface area contributed by atoms with Gasteiger partial charge in [0.1, 0.15) is 17.2 Å². The van der Waals surface area contributed by atoms with Gasteiger partial charge in [-0.2, -0.15) is 0 Å². The van der Waals surface area contributed by atoms with Gasteiger partial charge in [0.05, 0.1) is 18.1 Å². The van der Waals surface area contributed by atoms with E-state index >= 15 is 0 Å². The van der Waals surface area contributed by atoms with Gasteiger partial charge < -0.3 is 19.8 Å². The van der Waals surface area contributed by atoms with Gasteiger partial charge in [-0.1, -0.05) is 0 Å². The summed E-state index contributed by atoms with van der Waals surface area (Å²) in [6.45, 7) is 3.05. The Morgan fingerprint density at radius 1 is 1.55 bits per heavy atom. The van der Waals surface area contributed by atoms with Gasteiger partial charge in [0.25, 0.3) is 5.91 Å². The number of hydrogen-bond donors (Lipinski definition) is 2. The summed E-state index contributed by atoms with van der Waals surface area (Å²) in [5.41, 5.74) is 1.17. The lowest BCUT2D eigenvalue weighted by Gasteiger charge is -2.21. The van der Waals surface area contributed by atoms with Gasteiger partial charge in [0.2, 0.25) is 0 Å². The number of ether oxygens (including phenoxy) is 2. The van der Waals surface area contributed by atoms with Gasteiger partial charge in [-0.25, -0.2) is 4.98 Å². The predicted octanol–water partition coefficient (Wildman–Crippen LogP) is 1.80. The third-order valence-corrected chi connectivity index (χ3v) is 4.08. The normalized spacial score (nSPS) is 21.2. The van der Waals surface area contributed by atoms with Gasteiger partial charge in [-0.05, 0) is 31.9 Å². The number of nitrogens with zero attached hydrogens (tertiary/aromatic N) is 1. The first-order valence-electron chi connectivity index (χ1n) is 7.56. The maximum atomic E-state index is 12.1. The fourth-order valence-corrected chi connectivity index (χ4v) is 2.73. The SMILES string of the molecule is COc1ccc2nc(CCNC(=O)C3(C)CCCO3)[nH]c2c1. The molecule has 0 saturated carbocycles. The molecule has 118 valence electrons. The Balaban J connectivity index is 1.58. The molecule has 6 nitrogen and oxygen atoms in total. The average molecular weight is 303 g/mol. The van der Waals surface area contributed by atoms with Crippen LogP contribution in [-0.4, -0.2) is 41.7 Å². The highest BCUT2D eigenvalue weighted by Crippen LogP contribution is 2.25. The topological polar surface area (TPSA) is 76.2 Å². The van der Waals surface area contributed by atoms with E-state index in [1.807, 2.05) is 25.1 Å². The maximum absolute atomic E-state index is 12.1. The number of nitrogens with one attached hydrogen (secondary N) is 2. The molecule has 22 heavy (non-hydrogen) atoms. The van der Waals surface area contributed by atoms with Crippen LogP contribution in [0.25, 0.3) is 11.0 Å². The van der Waals surface area contributed by atoms with Gasteiger partial charge in [-0.15, -0.1) is 0 Å². The quantitative estimate of drug-likeness (QED) is 0.883. The van der Waals surface area contributed by atoms with Crippen molar-refractivity contribution in [3.63, 3.8) is 0 Å². The third kappa shape index (κ3) is 2.92. The van der Waals surface area contributed by atoms with Crippen LogP contribution in [0.15, 0.2) is 18.2 Å². The zero-order valence-electron chi connectivity index (χ0n) is 12.9. The van der Waals surface area contributed by atoms with Crippen LogP contribution in [0.3, 0.4) is 0 Å². The zero-order valence-corrected chi connectivity index (χ0v) is 12.9. The largest absolute Gasteiger partial charge is 0.497 e. The lowest BCUT2D eigenvalue weighted by atomic mass is 10.0. The van der Waals surface area contributed by atoms with E-state index in [0.717, 1.165) is 35.4 Å². The second-order valence-electron chi connectivity index (χ2n) is 5.76. The van der Waals surface area contributed by atoms with Crippen LogP contribution in [0, 0.1) is 0 Å². The first-order valence-corrected chi connectivity index (χ1v) is 7.56. The molecule has 0 radical (unpaired) electrons. The second-order valence-corrected chi connectivity index (χ2v) is 5.76. The molecule has 2 heterocycles. The molecule has 1 aliphatic rings. The molecule has 1 fully saturated rings. The molecule has 1 unspecified atom stereocenters. The molecule has 3 rings (SSSR count). The average Bonchev–Trinajstić information content (AvgIpc) is 3.13. The highest BCUT2D eigenvalue weighted by molar-refractivity contribution is 5.85. The van der Waals surface area contributed by atoms with E-state index in [1.54, 1.807) is 7.11 Å². The fraction of sp³-hybridized carbons (Fsp3) is 0.500. The monoisotopic (exact) mass is 303 g/mol. The van der Waals surface area contributed by atoms with Crippen LogP contribution < -0.4 is 10.1 Å². The summed E-state index contributed by atoms with van der Waals surface area (Å²) in [7, 11) is 1.64. The van der Waals surface area contributed by atoms with Gasteiger partial charge in [0, 0.05) is 25.6 Å². The number of aromatic nitrogens is 2. The zero-order chi connectivity index (χ0) is 15.6. The number of hydrogen-bond acceptors (Lipinski definition) is 4. The number of imidazole rings is 1. The smallest absolute Gasteiger partial charge is 0.251 e. The standard InChI is InChI=1S/C16H21N3O3/c1-16(7-3-9-22-16)15(20)17-8-6-14-18-12-5-4-11(21-2)10-13(12)19-14/h4-5,10H,3,6-9H2,1-2H3,(H,17,20)(H,18,19). The van der Waals surface area contributed by atoms with Crippen molar-refractivity contribution in [2.45, 2.75) is 31.8 Å². The minimum absolute atomic E-state index is 0.0391. The Kier molecular flexibility index (Phi) is 4.02. The van der Waals surface area contributed by atoms with E-state index in [2.05, 4.69) is 15.3 Å².